The molecule has 2 heterocycles. The molecule has 146 valence electrons. The van der Waals surface area contributed by atoms with Crippen LogP contribution in [-0.4, -0.2) is 30.9 Å². The maximum atomic E-state index is 5.63. The number of nitrogens with zero attached hydrogens (tertiary/aromatic N) is 2. The minimum atomic E-state index is -0.0205. The molecule has 1 aliphatic rings. The van der Waals surface area contributed by atoms with Crippen molar-refractivity contribution in [2.75, 3.05) is 20.8 Å². The van der Waals surface area contributed by atoms with E-state index < -0.39 is 0 Å². The molecule has 0 saturated carbocycles. The van der Waals surface area contributed by atoms with Crippen molar-refractivity contribution in [1.29, 1.82) is 0 Å². The molecule has 1 fully saturated rings. The van der Waals surface area contributed by atoms with Gasteiger partial charge in [0.05, 0.1) is 26.2 Å². The quantitative estimate of drug-likeness (QED) is 0.703. The Balaban J connectivity index is 1.62. The van der Waals surface area contributed by atoms with Gasteiger partial charge >= 0.3 is 0 Å². The van der Waals surface area contributed by atoms with Crippen LogP contribution in [0.5, 0.6) is 11.5 Å². The summed E-state index contributed by atoms with van der Waals surface area (Å²) in [5.74, 6) is 2.60. The topological polar surface area (TPSA) is 81.4 Å². The maximum Gasteiger partial charge on any atom is 0.233 e. The van der Waals surface area contributed by atoms with Gasteiger partial charge < -0.3 is 14.0 Å². The fraction of sp³-hybridized carbons (Fsp3) is 0.333. The molecule has 7 heteroatoms. The molecule has 1 aliphatic heterocycles. The van der Waals surface area contributed by atoms with Gasteiger partial charge in [0.1, 0.15) is 0 Å². The third-order valence-electron chi connectivity index (χ3n) is 5.27. The number of aryl methyl sites for hydroxylation is 2. The van der Waals surface area contributed by atoms with Gasteiger partial charge in [-0.2, -0.15) is 4.98 Å². The minimum Gasteiger partial charge on any atom is -0.493 e. The van der Waals surface area contributed by atoms with Gasteiger partial charge in [-0.3, -0.25) is 5.43 Å². The van der Waals surface area contributed by atoms with E-state index in [9.17, 15) is 0 Å². The number of methoxy groups -OCH3 is 2. The molecule has 0 aliphatic carbocycles. The summed E-state index contributed by atoms with van der Waals surface area (Å²) in [5.41, 5.74) is 11.0. The molecular weight excluding hydrogens is 356 g/mol. The lowest BCUT2D eigenvalue weighted by Crippen LogP contribution is -2.24. The summed E-state index contributed by atoms with van der Waals surface area (Å²) in [6.45, 7) is 4.86. The summed E-state index contributed by atoms with van der Waals surface area (Å²) < 4.78 is 16.4. The highest BCUT2D eigenvalue weighted by molar-refractivity contribution is 5.56. The van der Waals surface area contributed by atoms with Crippen LogP contribution < -0.4 is 20.3 Å². The number of benzene rings is 2. The molecule has 1 saturated heterocycles. The minimum absolute atomic E-state index is 0.00546. The lowest BCUT2D eigenvalue weighted by Gasteiger charge is -2.17. The lowest BCUT2D eigenvalue weighted by atomic mass is 9.94. The van der Waals surface area contributed by atoms with Crippen LogP contribution in [0.3, 0.4) is 0 Å². The first-order valence-corrected chi connectivity index (χ1v) is 9.22. The standard InChI is InChI=1S/C21H24N4O3/c1-12-5-6-15(9-13(12)2)20-23-21(28-25-20)16-11-22-24-19(16)14-7-8-17(26-3)18(10-14)27-4/h5-10,16,19,22,24H,11H2,1-4H3. The molecule has 7 nitrogen and oxygen atoms in total. The Morgan fingerprint density at radius 1 is 1.00 bits per heavy atom. The Hall–Kier alpha value is -2.90. The number of hydrogen-bond donors (Lipinski definition) is 2. The first-order chi connectivity index (χ1) is 13.6. The summed E-state index contributed by atoms with van der Waals surface area (Å²) >= 11 is 0. The van der Waals surface area contributed by atoms with Gasteiger partial charge in [0.15, 0.2) is 11.5 Å². The van der Waals surface area contributed by atoms with Crippen molar-refractivity contribution in [2.45, 2.75) is 25.8 Å². The molecule has 1 aromatic heterocycles. The second-order valence-electron chi connectivity index (χ2n) is 6.98. The van der Waals surface area contributed by atoms with Crippen molar-refractivity contribution in [3.05, 3.63) is 59.0 Å². The van der Waals surface area contributed by atoms with E-state index >= 15 is 0 Å². The molecule has 28 heavy (non-hydrogen) atoms. The van der Waals surface area contributed by atoms with E-state index in [1.807, 2.05) is 24.3 Å². The smallest absolute Gasteiger partial charge is 0.233 e. The van der Waals surface area contributed by atoms with Gasteiger partial charge in [0, 0.05) is 12.1 Å². The molecule has 3 aromatic rings. The third kappa shape index (κ3) is 3.34. The highest BCUT2D eigenvalue weighted by Gasteiger charge is 2.34. The summed E-state index contributed by atoms with van der Waals surface area (Å²) in [4.78, 5) is 4.67. The number of rotatable bonds is 5. The van der Waals surface area contributed by atoms with Crippen LogP contribution in [-0.2, 0) is 0 Å². The van der Waals surface area contributed by atoms with E-state index in [1.54, 1.807) is 14.2 Å². The molecular formula is C21H24N4O3. The first-order valence-electron chi connectivity index (χ1n) is 9.22. The van der Waals surface area contributed by atoms with Crippen LogP contribution in [0.25, 0.3) is 11.4 Å². The molecule has 0 spiro atoms. The maximum absolute atomic E-state index is 5.63. The van der Waals surface area contributed by atoms with Crippen molar-refractivity contribution in [2.24, 2.45) is 0 Å². The molecule has 2 aromatic carbocycles. The van der Waals surface area contributed by atoms with Crippen molar-refractivity contribution < 1.29 is 14.0 Å². The first kappa shape index (κ1) is 18.5. The SMILES string of the molecule is COc1ccc(C2NNCC2c2nc(-c3ccc(C)c(C)c3)no2)cc1OC. The zero-order valence-corrected chi connectivity index (χ0v) is 16.4. The number of aromatic nitrogens is 2. The average Bonchev–Trinajstić information content (AvgIpc) is 3.38. The van der Waals surface area contributed by atoms with Crippen LogP contribution in [0.2, 0.25) is 0 Å². The van der Waals surface area contributed by atoms with Gasteiger partial charge in [-0.25, -0.2) is 5.43 Å². The molecule has 2 N–H and O–H groups in total. The Kier molecular flexibility index (Phi) is 5.02. The molecule has 2 unspecified atom stereocenters. The summed E-state index contributed by atoms with van der Waals surface area (Å²) in [7, 11) is 3.26. The van der Waals surface area contributed by atoms with E-state index in [1.165, 1.54) is 11.1 Å². The number of nitrogens with one attached hydrogen (secondary N) is 2. The van der Waals surface area contributed by atoms with Crippen LogP contribution in [0.4, 0.5) is 0 Å². The average molecular weight is 380 g/mol. The molecule has 0 bridgehead atoms. The van der Waals surface area contributed by atoms with Gasteiger partial charge in [-0.1, -0.05) is 23.4 Å². The Bertz CT molecular complexity index is 986. The largest absolute Gasteiger partial charge is 0.493 e. The van der Waals surface area contributed by atoms with Crippen molar-refractivity contribution in [3.8, 4) is 22.9 Å². The van der Waals surface area contributed by atoms with Crippen molar-refractivity contribution in [1.82, 2.24) is 21.0 Å². The highest BCUT2D eigenvalue weighted by Crippen LogP contribution is 2.37. The second kappa shape index (κ2) is 7.61. The van der Waals surface area contributed by atoms with Gasteiger partial charge in [-0.05, 0) is 48.7 Å². The summed E-state index contributed by atoms with van der Waals surface area (Å²) in [5, 5.41) is 4.20. The van der Waals surface area contributed by atoms with Gasteiger partial charge in [-0.15, -0.1) is 0 Å². The Morgan fingerprint density at radius 3 is 2.57 bits per heavy atom. The summed E-state index contributed by atoms with van der Waals surface area (Å²) in [6, 6.07) is 12.0. The van der Waals surface area contributed by atoms with Crippen molar-refractivity contribution >= 4 is 0 Å². The van der Waals surface area contributed by atoms with E-state index in [0.29, 0.717) is 29.8 Å². The van der Waals surface area contributed by atoms with E-state index in [-0.39, 0.29) is 12.0 Å². The third-order valence-corrected chi connectivity index (χ3v) is 5.27. The predicted octanol–water partition coefficient (Wildman–Crippen LogP) is 3.30. The van der Waals surface area contributed by atoms with Crippen molar-refractivity contribution in [3.63, 3.8) is 0 Å². The lowest BCUT2D eigenvalue weighted by molar-refractivity contribution is 0.343. The van der Waals surface area contributed by atoms with E-state index in [2.05, 4.69) is 47.0 Å². The number of hydrogen-bond acceptors (Lipinski definition) is 7. The van der Waals surface area contributed by atoms with Crippen LogP contribution in [0.15, 0.2) is 40.9 Å². The second-order valence-corrected chi connectivity index (χ2v) is 6.98. The monoisotopic (exact) mass is 380 g/mol. The Morgan fingerprint density at radius 2 is 1.82 bits per heavy atom. The number of ether oxygens (including phenoxy) is 2. The fourth-order valence-electron chi connectivity index (χ4n) is 3.47. The predicted molar refractivity (Wildman–Crippen MR) is 105 cm³/mol. The van der Waals surface area contributed by atoms with Crippen LogP contribution in [0, 0.1) is 13.8 Å². The van der Waals surface area contributed by atoms with E-state index in [0.717, 1.165) is 11.1 Å². The molecule has 4 rings (SSSR count). The van der Waals surface area contributed by atoms with Gasteiger partial charge in [0.2, 0.25) is 11.7 Å². The zero-order chi connectivity index (χ0) is 19.7. The zero-order valence-electron chi connectivity index (χ0n) is 16.4. The molecule has 0 radical (unpaired) electrons. The van der Waals surface area contributed by atoms with E-state index in [4.69, 9.17) is 14.0 Å². The van der Waals surface area contributed by atoms with Gasteiger partial charge in [0.25, 0.3) is 0 Å². The fourth-order valence-corrected chi connectivity index (χ4v) is 3.47. The molecule has 2 atom stereocenters. The Labute approximate surface area is 164 Å². The van der Waals surface area contributed by atoms with Crippen LogP contribution >= 0.6 is 0 Å². The highest BCUT2D eigenvalue weighted by atomic mass is 16.5. The normalized spacial score (nSPS) is 19.0. The molecule has 0 amide bonds. The van der Waals surface area contributed by atoms with Crippen LogP contribution in [0.1, 0.15) is 34.5 Å². The number of hydrazine groups is 1. The summed E-state index contributed by atoms with van der Waals surface area (Å²) in [6.07, 6.45) is 0.